The second-order valence-corrected chi connectivity index (χ2v) is 17.1. The Balaban J connectivity index is 2.49. The SMILES string of the molecule is CC(C)[Si](/C(=C/C(=O)c1ccc(C(=O)N(C)C)cc1)SCc1ccccc1)(C(C)C)C(C)C. The normalized spacial score (nSPS) is 12.5. The smallest absolute Gasteiger partial charge is 0.253 e. The first-order valence-electron chi connectivity index (χ1n) is 11.8. The molecule has 0 aliphatic carbocycles. The van der Waals surface area contributed by atoms with Crippen LogP contribution in [-0.4, -0.2) is 38.8 Å². The van der Waals surface area contributed by atoms with Gasteiger partial charge in [-0.05, 0) is 44.9 Å². The predicted octanol–water partition coefficient (Wildman–Crippen LogP) is 7.61. The topological polar surface area (TPSA) is 37.4 Å². The van der Waals surface area contributed by atoms with Crippen LogP contribution in [-0.2, 0) is 5.75 Å². The summed E-state index contributed by atoms with van der Waals surface area (Å²) in [5.41, 5.74) is 4.03. The van der Waals surface area contributed by atoms with Crippen molar-refractivity contribution in [1.29, 1.82) is 0 Å². The van der Waals surface area contributed by atoms with Gasteiger partial charge in [0.15, 0.2) is 5.78 Å². The van der Waals surface area contributed by atoms with Crippen LogP contribution >= 0.6 is 11.8 Å². The number of nitrogens with zero attached hydrogens (tertiary/aromatic N) is 1. The molecule has 0 atom stereocenters. The van der Waals surface area contributed by atoms with Crippen LogP contribution in [0.25, 0.3) is 0 Å². The van der Waals surface area contributed by atoms with Gasteiger partial charge in [0.25, 0.3) is 5.91 Å². The lowest BCUT2D eigenvalue weighted by atomic mass is 10.1. The maximum atomic E-state index is 13.4. The number of thioether (sulfide) groups is 1. The molecule has 0 saturated carbocycles. The molecule has 0 fully saturated rings. The first-order valence-corrected chi connectivity index (χ1v) is 15.0. The lowest BCUT2D eigenvalue weighted by Crippen LogP contribution is -2.46. The van der Waals surface area contributed by atoms with Crippen molar-refractivity contribution in [2.45, 2.75) is 63.9 Å². The van der Waals surface area contributed by atoms with Crippen molar-refractivity contribution in [1.82, 2.24) is 4.90 Å². The van der Waals surface area contributed by atoms with E-state index in [4.69, 9.17) is 0 Å². The van der Waals surface area contributed by atoms with E-state index in [1.165, 1.54) is 10.1 Å². The van der Waals surface area contributed by atoms with Crippen LogP contribution in [0, 0.1) is 0 Å². The molecule has 2 aromatic rings. The van der Waals surface area contributed by atoms with Gasteiger partial charge in [0.1, 0.15) is 8.07 Å². The van der Waals surface area contributed by atoms with Crippen molar-refractivity contribution in [3.63, 3.8) is 0 Å². The molecule has 2 rings (SSSR count). The summed E-state index contributed by atoms with van der Waals surface area (Å²) in [5.74, 6) is 0.819. The zero-order valence-electron chi connectivity index (χ0n) is 21.4. The van der Waals surface area contributed by atoms with Crippen LogP contribution in [0.4, 0.5) is 0 Å². The van der Waals surface area contributed by atoms with Gasteiger partial charge in [-0.25, -0.2) is 0 Å². The van der Waals surface area contributed by atoms with E-state index in [2.05, 4.69) is 65.8 Å². The largest absolute Gasteiger partial charge is 0.345 e. The number of rotatable bonds is 10. The van der Waals surface area contributed by atoms with Gasteiger partial charge in [0.2, 0.25) is 0 Å². The summed E-state index contributed by atoms with van der Waals surface area (Å²) in [7, 11) is 1.45. The molecule has 0 bridgehead atoms. The molecular weight excluding hydrogens is 442 g/mol. The quantitative estimate of drug-likeness (QED) is 0.199. The van der Waals surface area contributed by atoms with Crippen molar-refractivity contribution in [3.05, 3.63) is 81.9 Å². The number of carbonyl (C=O) groups is 2. The predicted molar refractivity (Wildman–Crippen MR) is 146 cm³/mol. The molecule has 0 heterocycles. The minimum atomic E-state index is -2.01. The van der Waals surface area contributed by atoms with Gasteiger partial charge >= 0.3 is 0 Å². The molecule has 178 valence electrons. The number of carbonyl (C=O) groups excluding carboxylic acids is 2. The maximum Gasteiger partial charge on any atom is 0.253 e. The van der Waals surface area contributed by atoms with E-state index in [0.717, 1.165) is 5.75 Å². The molecule has 0 saturated heterocycles. The van der Waals surface area contributed by atoms with Gasteiger partial charge in [0.05, 0.1) is 0 Å². The van der Waals surface area contributed by atoms with Gasteiger partial charge < -0.3 is 4.90 Å². The molecule has 5 heteroatoms. The number of benzene rings is 2. The van der Waals surface area contributed by atoms with E-state index < -0.39 is 8.07 Å². The van der Waals surface area contributed by atoms with Crippen LogP contribution in [0.3, 0.4) is 0 Å². The number of hydrogen-bond donors (Lipinski definition) is 0. The average Bonchev–Trinajstić information content (AvgIpc) is 2.77. The monoisotopic (exact) mass is 481 g/mol. The second kappa shape index (κ2) is 11.8. The van der Waals surface area contributed by atoms with Crippen LogP contribution in [0.2, 0.25) is 16.6 Å². The molecule has 0 aromatic heterocycles. The average molecular weight is 482 g/mol. The fourth-order valence-corrected chi connectivity index (χ4v) is 15.2. The molecular formula is C28H39NO2SSi. The number of hydrogen-bond acceptors (Lipinski definition) is 3. The van der Waals surface area contributed by atoms with Crippen LogP contribution in [0.1, 0.15) is 67.8 Å². The highest BCUT2D eigenvalue weighted by atomic mass is 32.2. The van der Waals surface area contributed by atoms with E-state index in [9.17, 15) is 9.59 Å². The Labute approximate surface area is 205 Å². The van der Waals surface area contributed by atoms with E-state index in [1.807, 2.05) is 23.9 Å². The van der Waals surface area contributed by atoms with Crippen LogP contribution in [0.5, 0.6) is 0 Å². The molecule has 0 aliphatic heterocycles. The highest BCUT2D eigenvalue weighted by Gasteiger charge is 2.46. The minimum Gasteiger partial charge on any atom is -0.345 e. The molecule has 0 aliphatic rings. The summed E-state index contributed by atoms with van der Waals surface area (Å²) in [6.07, 6.45) is 1.92. The summed E-state index contributed by atoms with van der Waals surface area (Å²) in [6.45, 7) is 14.0. The first-order chi connectivity index (χ1) is 15.5. The fourth-order valence-electron chi connectivity index (χ4n) is 5.12. The lowest BCUT2D eigenvalue weighted by Gasteiger charge is -2.44. The van der Waals surface area contributed by atoms with E-state index in [1.54, 1.807) is 43.3 Å². The first kappa shape index (κ1) is 27.1. The molecule has 1 amide bonds. The van der Waals surface area contributed by atoms with Gasteiger partial charge in [-0.15, -0.1) is 11.8 Å². The van der Waals surface area contributed by atoms with Crippen molar-refractivity contribution < 1.29 is 9.59 Å². The van der Waals surface area contributed by atoms with E-state index in [0.29, 0.717) is 27.8 Å². The van der Waals surface area contributed by atoms with Crippen molar-refractivity contribution >= 4 is 31.5 Å². The molecule has 0 spiro atoms. The van der Waals surface area contributed by atoms with Crippen LogP contribution < -0.4 is 0 Å². The third-order valence-corrected chi connectivity index (χ3v) is 15.7. The Kier molecular flexibility index (Phi) is 9.74. The van der Waals surface area contributed by atoms with E-state index in [-0.39, 0.29) is 11.7 Å². The number of amides is 1. The van der Waals surface area contributed by atoms with Crippen molar-refractivity contribution in [3.8, 4) is 0 Å². The third-order valence-electron chi connectivity index (χ3n) is 6.61. The highest BCUT2D eigenvalue weighted by molar-refractivity contribution is 8.04. The molecule has 3 nitrogen and oxygen atoms in total. The third kappa shape index (κ3) is 6.27. The molecule has 0 unspecified atom stereocenters. The summed E-state index contributed by atoms with van der Waals surface area (Å²) in [4.78, 5) is 27.2. The van der Waals surface area contributed by atoms with Crippen molar-refractivity contribution in [2.24, 2.45) is 0 Å². The Morgan fingerprint density at radius 3 is 1.76 bits per heavy atom. The number of allylic oxidation sites excluding steroid dienone is 1. The summed E-state index contributed by atoms with van der Waals surface area (Å²) < 4.78 is 1.28. The molecule has 0 N–H and O–H groups in total. The minimum absolute atomic E-state index is 0.0215. The van der Waals surface area contributed by atoms with Crippen LogP contribution in [0.15, 0.2) is 65.2 Å². The van der Waals surface area contributed by atoms with Gasteiger partial charge in [0, 0.05) is 31.0 Å². The standard InChI is InChI=1S/C28H39NO2SSi/c1-20(2)33(21(3)4,22(5)6)27(32-19-23-12-10-9-11-13-23)18-26(30)24-14-16-25(17-15-24)28(31)29(7)8/h9-18,20-22H,19H2,1-8H3/b27-18+. The Bertz CT molecular complexity index is 941. The summed E-state index contributed by atoms with van der Waals surface area (Å²) >= 11 is 1.84. The zero-order valence-corrected chi connectivity index (χ0v) is 23.2. The molecule has 2 aromatic carbocycles. The lowest BCUT2D eigenvalue weighted by molar-refractivity contribution is 0.0827. The van der Waals surface area contributed by atoms with Gasteiger partial charge in [-0.3, -0.25) is 9.59 Å². The Hall–Kier alpha value is -2.11. The summed E-state index contributed by atoms with van der Waals surface area (Å²) in [5, 5.41) is 0. The van der Waals surface area contributed by atoms with Gasteiger partial charge in [-0.1, -0.05) is 84.0 Å². The second-order valence-electron chi connectivity index (χ2n) is 9.82. The Morgan fingerprint density at radius 1 is 0.818 bits per heavy atom. The maximum absolute atomic E-state index is 13.4. The van der Waals surface area contributed by atoms with Gasteiger partial charge in [-0.2, -0.15) is 0 Å². The highest BCUT2D eigenvalue weighted by Crippen LogP contribution is 2.50. The molecule has 33 heavy (non-hydrogen) atoms. The zero-order chi connectivity index (χ0) is 24.8. The van der Waals surface area contributed by atoms with Crippen molar-refractivity contribution in [2.75, 3.05) is 14.1 Å². The number of ketones is 1. The summed E-state index contributed by atoms with van der Waals surface area (Å²) in [6, 6.07) is 17.5. The fraction of sp³-hybridized carbons (Fsp3) is 0.429. The van der Waals surface area contributed by atoms with E-state index >= 15 is 0 Å². The molecule has 0 radical (unpaired) electrons. The Morgan fingerprint density at radius 2 is 1.30 bits per heavy atom.